The smallest absolute Gasteiger partial charge is 0.130 e. The van der Waals surface area contributed by atoms with Gasteiger partial charge in [-0.25, -0.2) is 0 Å². The van der Waals surface area contributed by atoms with Crippen LogP contribution in [0, 0.1) is 0 Å². The average Bonchev–Trinajstić information content (AvgIpc) is 2.61. The quantitative estimate of drug-likeness (QED) is 0.603. The van der Waals surface area contributed by atoms with E-state index >= 15 is 0 Å². The van der Waals surface area contributed by atoms with Crippen molar-refractivity contribution in [3.63, 3.8) is 0 Å². The van der Waals surface area contributed by atoms with E-state index in [9.17, 15) is 20.4 Å². The number of phenolic OH excluding ortho intramolecular Hbond substituents is 2. The zero-order valence-electron chi connectivity index (χ0n) is 14.8. The molecule has 0 aliphatic carbocycles. The zero-order chi connectivity index (χ0) is 18.8. The fourth-order valence-corrected chi connectivity index (χ4v) is 3.52. The van der Waals surface area contributed by atoms with Gasteiger partial charge < -0.3 is 29.9 Å². The summed E-state index contributed by atoms with van der Waals surface area (Å²) in [6.45, 7) is 6.26. The number of phenols is 2. The summed E-state index contributed by atoms with van der Waals surface area (Å²) < 4.78 is 11.1. The maximum absolute atomic E-state index is 10.8. The minimum Gasteiger partial charge on any atom is -0.512 e. The molecule has 2 aliphatic rings. The first-order valence-corrected chi connectivity index (χ1v) is 8.79. The maximum atomic E-state index is 10.8. The lowest BCUT2D eigenvalue weighted by Crippen LogP contribution is -2.18. The van der Waals surface area contributed by atoms with Crippen molar-refractivity contribution in [1.29, 1.82) is 0 Å². The molecular weight excluding hydrogens is 336 g/mol. The van der Waals surface area contributed by atoms with Gasteiger partial charge in [0.2, 0.25) is 0 Å². The highest BCUT2D eigenvalue weighted by Gasteiger charge is 2.33. The van der Waals surface area contributed by atoms with Crippen LogP contribution in [0.15, 0.2) is 41.6 Å². The van der Waals surface area contributed by atoms with Gasteiger partial charge >= 0.3 is 0 Å². The van der Waals surface area contributed by atoms with Gasteiger partial charge in [0.25, 0.3) is 0 Å². The van der Waals surface area contributed by atoms with Gasteiger partial charge in [0.05, 0.1) is 19.0 Å². The molecule has 3 rings (SSSR count). The average molecular weight is 360 g/mol. The molecule has 0 amide bonds. The highest BCUT2D eigenvalue weighted by atomic mass is 16.5. The fourth-order valence-electron chi connectivity index (χ4n) is 3.52. The van der Waals surface area contributed by atoms with Crippen LogP contribution in [0.1, 0.15) is 43.2 Å². The highest BCUT2D eigenvalue weighted by Crippen LogP contribution is 2.49. The first-order chi connectivity index (χ1) is 12.4. The van der Waals surface area contributed by atoms with E-state index < -0.39 is 5.92 Å². The molecule has 2 aliphatic heterocycles. The number of allylic oxidation sites excluding steroid dienone is 3. The molecule has 1 atom stereocenters. The summed E-state index contributed by atoms with van der Waals surface area (Å²) in [5, 5.41) is 41.3. The third-order valence-electron chi connectivity index (χ3n) is 4.81. The van der Waals surface area contributed by atoms with E-state index in [0.717, 1.165) is 6.42 Å². The molecule has 1 unspecified atom stereocenters. The lowest BCUT2D eigenvalue weighted by Gasteiger charge is -2.30. The summed E-state index contributed by atoms with van der Waals surface area (Å²) in [5.41, 5.74) is 1.33. The number of rotatable bonds is 4. The number of ether oxygens (including phenoxy) is 2. The van der Waals surface area contributed by atoms with Crippen molar-refractivity contribution in [2.45, 2.75) is 38.5 Å². The summed E-state index contributed by atoms with van der Waals surface area (Å²) in [6.07, 6.45) is 3.74. The predicted molar refractivity (Wildman–Crippen MR) is 96.7 cm³/mol. The molecule has 0 aromatic heterocycles. The summed E-state index contributed by atoms with van der Waals surface area (Å²) in [4.78, 5) is 0. The molecule has 6 nitrogen and oxygen atoms in total. The first-order valence-electron chi connectivity index (χ1n) is 8.79. The third kappa shape index (κ3) is 3.19. The van der Waals surface area contributed by atoms with Crippen LogP contribution in [0.25, 0.3) is 0 Å². The van der Waals surface area contributed by atoms with Gasteiger partial charge in [0, 0.05) is 41.2 Å². The Kier molecular flexibility index (Phi) is 5.02. The van der Waals surface area contributed by atoms with Crippen LogP contribution in [0.3, 0.4) is 0 Å². The number of aliphatic hydroxyl groups excluding tert-OH is 2. The molecule has 0 bridgehead atoms. The zero-order valence-corrected chi connectivity index (χ0v) is 14.8. The molecule has 0 saturated carbocycles. The predicted octanol–water partition coefficient (Wildman–Crippen LogP) is 4.10. The maximum Gasteiger partial charge on any atom is 0.130 e. The Hall–Kier alpha value is -2.76. The lowest BCUT2D eigenvalue weighted by atomic mass is 9.82. The number of hydrogen-bond donors (Lipinski definition) is 4. The number of benzene rings is 1. The van der Waals surface area contributed by atoms with Gasteiger partial charge in [0.15, 0.2) is 0 Å². The van der Waals surface area contributed by atoms with Crippen LogP contribution in [0.5, 0.6) is 17.2 Å². The Balaban J connectivity index is 2.16. The van der Waals surface area contributed by atoms with E-state index in [4.69, 9.17) is 9.47 Å². The summed E-state index contributed by atoms with van der Waals surface area (Å²) in [5.74, 6) is 0.0268. The Bertz CT molecular complexity index is 790. The molecular formula is C20H24O6. The van der Waals surface area contributed by atoms with Gasteiger partial charge in [-0.1, -0.05) is 13.5 Å². The molecule has 140 valence electrons. The third-order valence-corrected chi connectivity index (χ3v) is 4.81. The largest absolute Gasteiger partial charge is 0.512 e. The van der Waals surface area contributed by atoms with Crippen molar-refractivity contribution in [2.24, 2.45) is 0 Å². The van der Waals surface area contributed by atoms with Gasteiger partial charge in [0.1, 0.15) is 28.8 Å². The number of aromatic hydroxyl groups is 2. The van der Waals surface area contributed by atoms with E-state index in [2.05, 4.69) is 6.58 Å². The van der Waals surface area contributed by atoms with Gasteiger partial charge in [-0.05, 0) is 19.3 Å². The molecule has 0 radical (unpaired) electrons. The standard InChI is InChI=1S/C20H24O6/c1-3-12(22)9-17-18(11(2)21)14(6-8-26-17)19-15(23)10-16-13(20(19)24)5-4-7-25-16/h9-10,14,21-24H,2-8H2,1H3/b12-9+. The Morgan fingerprint density at radius 2 is 2.04 bits per heavy atom. The molecule has 26 heavy (non-hydrogen) atoms. The minimum atomic E-state index is -0.510. The molecule has 1 aromatic carbocycles. The van der Waals surface area contributed by atoms with Crippen molar-refractivity contribution in [3.8, 4) is 17.2 Å². The molecule has 0 fully saturated rings. The summed E-state index contributed by atoms with van der Waals surface area (Å²) in [6, 6.07) is 1.51. The number of aliphatic hydroxyl groups is 2. The molecule has 1 aromatic rings. The second-order valence-corrected chi connectivity index (χ2v) is 6.49. The Morgan fingerprint density at radius 3 is 2.73 bits per heavy atom. The summed E-state index contributed by atoms with van der Waals surface area (Å²) >= 11 is 0. The van der Waals surface area contributed by atoms with Crippen molar-refractivity contribution in [2.75, 3.05) is 13.2 Å². The van der Waals surface area contributed by atoms with E-state index in [-0.39, 0.29) is 23.0 Å². The van der Waals surface area contributed by atoms with Crippen molar-refractivity contribution in [1.82, 2.24) is 0 Å². The lowest BCUT2D eigenvalue weighted by molar-refractivity contribution is 0.183. The molecule has 6 heteroatoms. The van der Waals surface area contributed by atoms with Crippen LogP contribution in [-0.2, 0) is 11.2 Å². The van der Waals surface area contributed by atoms with Crippen LogP contribution in [-0.4, -0.2) is 33.6 Å². The van der Waals surface area contributed by atoms with Crippen molar-refractivity contribution < 1.29 is 29.9 Å². The Labute approximate surface area is 152 Å². The minimum absolute atomic E-state index is 0.0200. The molecule has 0 spiro atoms. The highest BCUT2D eigenvalue weighted by molar-refractivity contribution is 5.61. The first kappa shape index (κ1) is 18.0. The molecule has 0 saturated heterocycles. The SMILES string of the molecule is C=C(O)C1=C(/C=C(/O)CC)OCCC1c1c(O)cc2c(c1O)CCCO2. The van der Waals surface area contributed by atoms with Crippen molar-refractivity contribution >= 4 is 0 Å². The van der Waals surface area contributed by atoms with Gasteiger partial charge in [-0.2, -0.15) is 0 Å². The monoisotopic (exact) mass is 360 g/mol. The van der Waals surface area contributed by atoms with E-state index in [1.165, 1.54) is 12.1 Å². The van der Waals surface area contributed by atoms with E-state index in [1.807, 2.05) is 0 Å². The van der Waals surface area contributed by atoms with Crippen molar-refractivity contribution in [3.05, 3.63) is 52.7 Å². The molecule has 2 heterocycles. The van der Waals surface area contributed by atoms with E-state index in [1.54, 1.807) is 6.92 Å². The Morgan fingerprint density at radius 1 is 1.27 bits per heavy atom. The van der Waals surface area contributed by atoms with Gasteiger partial charge in [-0.15, -0.1) is 0 Å². The van der Waals surface area contributed by atoms with Crippen LogP contribution in [0.4, 0.5) is 0 Å². The second kappa shape index (κ2) is 7.23. The molecule has 4 N–H and O–H groups in total. The topological polar surface area (TPSA) is 99.4 Å². The number of fused-ring (bicyclic) bond motifs is 1. The number of hydrogen-bond acceptors (Lipinski definition) is 6. The second-order valence-electron chi connectivity index (χ2n) is 6.49. The normalized spacial score (nSPS) is 20.2. The van der Waals surface area contributed by atoms with Crippen LogP contribution >= 0.6 is 0 Å². The van der Waals surface area contributed by atoms with Crippen LogP contribution < -0.4 is 4.74 Å². The van der Waals surface area contributed by atoms with E-state index in [0.29, 0.717) is 60.7 Å². The van der Waals surface area contributed by atoms with Crippen LogP contribution in [0.2, 0.25) is 0 Å². The summed E-state index contributed by atoms with van der Waals surface area (Å²) in [7, 11) is 0. The van der Waals surface area contributed by atoms with Gasteiger partial charge in [-0.3, -0.25) is 0 Å². The fraction of sp³-hybridized carbons (Fsp3) is 0.400.